The van der Waals surface area contributed by atoms with Crippen molar-refractivity contribution in [2.45, 2.75) is 367 Å². The molecule has 1 atom stereocenters. The second kappa shape index (κ2) is 64.9. The number of unbranched alkanes of at least 4 members (excludes halogenated alkanes) is 43. The molecule has 6 heteroatoms. The third-order valence-electron chi connectivity index (χ3n) is 15.1. The maximum absolute atomic E-state index is 12.9. The molecular formula is C70H128O6. The Morgan fingerprint density at radius 2 is 0.513 bits per heavy atom. The van der Waals surface area contributed by atoms with Crippen LogP contribution in [0.3, 0.4) is 0 Å². The first-order valence-electron chi connectivity index (χ1n) is 33.6. The van der Waals surface area contributed by atoms with Gasteiger partial charge in [-0.1, -0.05) is 333 Å². The Hall–Kier alpha value is -2.63. The van der Waals surface area contributed by atoms with E-state index in [4.69, 9.17) is 14.2 Å². The molecule has 0 aromatic carbocycles. The molecule has 444 valence electrons. The van der Waals surface area contributed by atoms with E-state index in [-0.39, 0.29) is 31.1 Å². The fourth-order valence-corrected chi connectivity index (χ4v) is 10.1. The molecule has 0 amide bonds. The van der Waals surface area contributed by atoms with E-state index >= 15 is 0 Å². The monoisotopic (exact) mass is 1060 g/mol. The van der Waals surface area contributed by atoms with Crippen molar-refractivity contribution in [3.63, 3.8) is 0 Å². The maximum Gasteiger partial charge on any atom is 0.306 e. The van der Waals surface area contributed by atoms with Gasteiger partial charge < -0.3 is 14.2 Å². The van der Waals surface area contributed by atoms with Crippen molar-refractivity contribution in [1.82, 2.24) is 0 Å². The van der Waals surface area contributed by atoms with Crippen molar-refractivity contribution in [3.8, 4) is 0 Å². The Morgan fingerprint density at radius 3 is 0.803 bits per heavy atom. The van der Waals surface area contributed by atoms with E-state index in [1.165, 1.54) is 225 Å². The van der Waals surface area contributed by atoms with Gasteiger partial charge in [0.2, 0.25) is 0 Å². The number of carbonyl (C=O) groups is 3. The molecule has 0 saturated carbocycles. The first-order valence-corrected chi connectivity index (χ1v) is 33.6. The second-order valence-corrected chi connectivity index (χ2v) is 22.7. The molecule has 1 unspecified atom stereocenters. The van der Waals surface area contributed by atoms with Gasteiger partial charge in [0.05, 0.1) is 0 Å². The molecule has 0 aliphatic heterocycles. The van der Waals surface area contributed by atoms with Gasteiger partial charge in [-0.2, -0.15) is 0 Å². The minimum absolute atomic E-state index is 0.0739. The van der Waals surface area contributed by atoms with E-state index in [0.29, 0.717) is 19.3 Å². The van der Waals surface area contributed by atoms with Crippen LogP contribution in [0.4, 0.5) is 0 Å². The SMILES string of the molecule is CC/C=C\C/C=C\C/C=C\C/C=C\CCCCCCCCC(=O)OC(COC(=O)CCCCCCCCCCCCCCCCCC)COC(=O)CCCCCCCCCCCCCCCCCCCCCCCCC. The highest BCUT2D eigenvalue weighted by Crippen LogP contribution is 2.18. The molecule has 0 aliphatic rings. The van der Waals surface area contributed by atoms with Gasteiger partial charge in [-0.3, -0.25) is 14.4 Å². The van der Waals surface area contributed by atoms with Crippen molar-refractivity contribution in [1.29, 1.82) is 0 Å². The summed E-state index contributed by atoms with van der Waals surface area (Å²) in [5.41, 5.74) is 0. The molecule has 0 spiro atoms. The quantitative estimate of drug-likeness (QED) is 0.0261. The number of carbonyl (C=O) groups excluding carboxylic acids is 3. The van der Waals surface area contributed by atoms with Crippen molar-refractivity contribution < 1.29 is 28.6 Å². The molecular weight excluding hydrogens is 937 g/mol. The summed E-state index contributed by atoms with van der Waals surface area (Å²) in [5.74, 6) is -0.861. The van der Waals surface area contributed by atoms with Crippen LogP contribution in [0, 0.1) is 0 Å². The van der Waals surface area contributed by atoms with E-state index in [9.17, 15) is 14.4 Å². The van der Waals surface area contributed by atoms with Gasteiger partial charge in [-0.05, 0) is 57.8 Å². The first-order chi connectivity index (χ1) is 37.5. The smallest absolute Gasteiger partial charge is 0.306 e. The number of hydrogen-bond acceptors (Lipinski definition) is 6. The predicted octanol–water partition coefficient (Wildman–Crippen LogP) is 22.9. The van der Waals surface area contributed by atoms with Gasteiger partial charge in [0.25, 0.3) is 0 Å². The second-order valence-electron chi connectivity index (χ2n) is 22.7. The minimum Gasteiger partial charge on any atom is -0.462 e. The third kappa shape index (κ3) is 62.2. The van der Waals surface area contributed by atoms with E-state index in [1.54, 1.807) is 0 Å². The molecule has 0 radical (unpaired) electrons. The molecule has 0 heterocycles. The molecule has 0 aliphatic carbocycles. The molecule has 6 nitrogen and oxygen atoms in total. The van der Waals surface area contributed by atoms with Crippen molar-refractivity contribution >= 4 is 17.9 Å². The van der Waals surface area contributed by atoms with Crippen LogP contribution in [0.15, 0.2) is 48.6 Å². The van der Waals surface area contributed by atoms with Crippen LogP contribution < -0.4 is 0 Å². The summed E-state index contributed by atoms with van der Waals surface area (Å²) >= 11 is 0. The summed E-state index contributed by atoms with van der Waals surface area (Å²) in [5, 5.41) is 0. The average Bonchev–Trinajstić information content (AvgIpc) is 3.42. The van der Waals surface area contributed by atoms with Crippen LogP contribution in [0.2, 0.25) is 0 Å². The standard InChI is InChI=1S/C70H128O6/c1-4-7-10-13-16-19-22-25-28-31-33-34-35-36-38-39-42-45-48-51-54-57-60-63-69(72)75-66-67(65-74-68(71)62-59-56-53-50-47-44-41-30-27-24-21-18-15-12-9-6-3)76-70(73)64-61-58-55-52-49-46-43-40-37-32-29-26-23-20-17-14-11-8-5-2/h8,11,17,20,26,29,37,40,67H,4-7,9-10,12-16,18-19,21-25,27-28,30-36,38-39,41-66H2,1-3H3/b11-8-,20-17-,29-26-,40-37-. The van der Waals surface area contributed by atoms with Crippen molar-refractivity contribution in [2.24, 2.45) is 0 Å². The highest BCUT2D eigenvalue weighted by molar-refractivity contribution is 5.71. The number of esters is 3. The average molecular weight is 1070 g/mol. The van der Waals surface area contributed by atoms with Crippen molar-refractivity contribution in [2.75, 3.05) is 13.2 Å². The normalized spacial score (nSPS) is 12.3. The first kappa shape index (κ1) is 73.4. The Kier molecular flexibility index (Phi) is 62.6. The molecule has 0 aromatic heterocycles. The summed E-state index contributed by atoms with van der Waals surface area (Å²) < 4.78 is 17.0. The van der Waals surface area contributed by atoms with E-state index in [1.807, 2.05) is 0 Å². The molecule has 76 heavy (non-hydrogen) atoms. The zero-order chi connectivity index (χ0) is 55.0. The fourth-order valence-electron chi connectivity index (χ4n) is 10.1. The van der Waals surface area contributed by atoms with Gasteiger partial charge >= 0.3 is 17.9 Å². The zero-order valence-corrected chi connectivity index (χ0v) is 51.0. The molecule has 0 aromatic rings. The summed E-state index contributed by atoms with van der Waals surface area (Å²) in [6, 6.07) is 0. The van der Waals surface area contributed by atoms with Gasteiger partial charge in [-0.25, -0.2) is 0 Å². The van der Waals surface area contributed by atoms with E-state index in [0.717, 1.165) is 96.3 Å². The Balaban J connectivity index is 4.31. The molecule has 0 rings (SSSR count). The van der Waals surface area contributed by atoms with Crippen molar-refractivity contribution in [3.05, 3.63) is 48.6 Å². The molecule has 0 saturated heterocycles. The van der Waals surface area contributed by atoms with Crippen LogP contribution in [-0.2, 0) is 28.6 Å². The lowest BCUT2D eigenvalue weighted by atomic mass is 10.0. The summed E-state index contributed by atoms with van der Waals surface area (Å²) in [6.07, 6.45) is 81.2. The highest BCUT2D eigenvalue weighted by Gasteiger charge is 2.19. The number of allylic oxidation sites excluding steroid dienone is 8. The molecule has 0 bridgehead atoms. The maximum atomic E-state index is 12.9. The number of hydrogen-bond donors (Lipinski definition) is 0. The summed E-state index contributed by atoms with van der Waals surface area (Å²) in [4.78, 5) is 38.4. The van der Waals surface area contributed by atoms with Crippen LogP contribution in [-0.4, -0.2) is 37.2 Å². The fraction of sp³-hybridized carbons (Fsp3) is 0.843. The third-order valence-corrected chi connectivity index (χ3v) is 15.1. The van der Waals surface area contributed by atoms with Crippen LogP contribution in [0.25, 0.3) is 0 Å². The highest BCUT2D eigenvalue weighted by atomic mass is 16.6. The lowest BCUT2D eigenvalue weighted by molar-refractivity contribution is -0.167. The molecule has 0 N–H and O–H groups in total. The number of rotatable bonds is 62. The largest absolute Gasteiger partial charge is 0.462 e. The lowest BCUT2D eigenvalue weighted by Crippen LogP contribution is -2.30. The van der Waals surface area contributed by atoms with E-state index < -0.39 is 6.10 Å². The zero-order valence-electron chi connectivity index (χ0n) is 51.0. The minimum atomic E-state index is -0.779. The molecule has 0 fully saturated rings. The van der Waals surface area contributed by atoms with Gasteiger partial charge in [0.1, 0.15) is 13.2 Å². The van der Waals surface area contributed by atoms with Crippen LogP contribution in [0.5, 0.6) is 0 Å². The Morgan fingerprint density at radius 1 is 0.276 bits per heavy atom. The Labute approximate surface area is 473 Å². The number of ether oxygens (including phenoxy) is 3. The lowest BCUT2D eigenvalue weighted by Gasteiger charge is -2.18. The van der Waals surface area contributed by atoms with Gasteiger partial charge in [0.15, 0.2) is 6.10 Å². The van der Waals surface area contributed by atoms with Gasteiger partial charge in [0, 0.05) is 19.3 Å². The summed E-state index contributed by atoms with van der Waals surface area (Å²) in [6.45, 7) is 6.59. The predicted molar refractivity (Wildman–Crippen MR) is 330 cm³/mol. The van der Waals surface area contributed by atoms with E-state index in [2.05, 4.69) is 69.4 Å². The van der Waals surface area contributed by atoms with Crippen LogP contribution >= 0.6 is 0 Å². The van der Waals surface area contributed by atoms with Gasteiger partial charge in [-0.15, -0.1) is 0 Å². The van der Waals surface area contributed by atoms with Crippen LogP contribution in [0.1, 0.15) is 361 Å². The topological polar surface area (TPSA) is 78.9 Å². The Bertz CT molecular complexity index is 1310. The summed E-state index contributed by atoms with van der Waals surface area (Å²) in [7, 11) is 0.